The average Bonchev–Trinajstić information content (AvgIpc) is 3.97. The molecule has 0 radical (unpaired) electrons. The third-order valence-corrected chi connectivity index (χ3v) is 12.4. The first-order chi connectivity index (χ1) is 28.2. The zero-order valence-electron chi connectivity index (χ0n) is 31.6. The highest BCUT2D eigenvalue weighted by molar-refractivity contribution is 7.18. The van der Waals surface area contributed by atoms with Crippen LogP contribution in [-0.4, -0.2) is 121 Å². The van der Waals surface area contributed by atoms with Crippen LogP contribution in [0.25, 0.3) is 27.5 Å². The van der Waals surface area contributed by atoms with Crippen molar-refractivity contribution in [2.24, 2.45) is 5.92 Å². The van der Waals surface area contributed by atoms with Crippen LogP contribution in [0.2, 0.25) is 0 Å². The zero-order valence-corrected chi connectivity index (χ0v) is 32.4. The Balaban J connectivity index is 0.775. The first kappa shape index (κ1) is 37.0. The van der Waals surface area contributed by atoms with Gasteiger partial charge in [0.2, 0.25) is 22.9 Å². The summed E-state index contributed by atoms with van der Waals surface area (Å²) in [6, 6.07) is 13.9. The van der Waals surface area contributed by atoms with E-state index in [1.165, 1.54) is 17.5 Å². The van der Waals surface area contributed by atoms with Gasteiger partial charge in [0.15, 0.2) is 5.01 Å². The van der Waals surface area contributed by atoms with Crippen LogP contribution < -0.4 is 15.5 Å². The summed E-state index contributed by atoms with van der Waals surface area (Å²) >= 11 is 1.49. The average molecular weight is 799 g/mol. The van der Waals surface area contributed by atoms with Gasteiger partial charge in [0.05, 0.1) is 45.4 Å². The predicted molar refractivity (Wildman–Crippen MR) is 211 cm³/mol. The first-order valence-corrected chi connectivity index (χ1v) is 20.0. The van der Waals surface area contributed by atoms with Crippen LogP contribution in [0.4, 0.5) is 10.8 Å². The van der Waals surface area contributed by atoms with Gasteiger partial charge < -0.3 is 15.1 Å². The molecular formula is C40H38N12O5S. The highest BCUT2D eigenvalue weighted by Crippen LogP contribution is 2.36. The van der Waals surface area contributed by atoms with E-state index in [2.05, 4.69) is 41.8 Å². The van der Waals surface area contributed by atoms with Gasteiger partial charge in [-0.1, -0.05) is 17.4 Å². The second kappa shape index (κ2) is 15.1. The lowest BCUT2D eigenvalue weighted by atomic mass is 9.94. The molecule has 9 rings (SSSR count). The number of fused-ring (bicyclic) bond motifs is 2. The number of amides is 5. The molecule has 0 saturated carbocycles. The molecule has 3 saturated heterocycles. The zero-order chi connectivity index (χ0) is 40.1. The Hall–Kier alpha value is -6.58. The Morgan fingerprint density at radius 1 is 0.914 bits per heavy atom. The number of imide groups is 2. The maximum Gasteiger partial charge on any atom is 0.262 e. The van der Waals surface area contributed by atoms with Crippen molar-refractivity contribution in [1.29, 1.82) is 5.26 Å². The molecule has 294 valence electrons. The van der Waals surface area contributed by atoms with Gasteiger partial charge in [0.25, 0.3) is 11.8 Å². The number of benzene rings is 1. The molecule has 8 heterocycles. The van der Waals surface area contributed by atoms with Crippen LogP contribution in [0.5, 0.6) is 0 Å². The standard InChI is InChI=1S/C40H38N12O5S/c1-42-30-18-31(32-5-3-26-16-24(19-41)20-44-52(26)32)43-21-29(30)36-46-47-40(58-36)50-14-12-49(13-15-50)37(55)25-8-10-48(11-9-25)22-23-2-4-27-28(17-23)39(57)51(38(27)56)33-6-7-34(53)45-35(33)54/h2-5,16-18,20-21,25,33H,6-15,22H2,1H3,(H,42,43)(H,45,53,54). The minimum Gasteiger partial charge on any atom is -0.387 e. The van der Waals surface area contributed by atoms with Crippen LogP contribution in [0, 0.1) is 17.2 Å². The van der Waals surface area contributed by atoms with Gasteiger partial charge in [0.1, 0.15) is 12.1 Å². The first-order valence-electron chi connectivity index (χ1n) is 19.2. The molecule has 2 N–H and O–H groups in total. The number of piperidine rings is 2. The summed E-state index contributed by atoms with van der Waals surface area (Å²) in [7, 11) is 1.85. The fraction of sp³-hybridized carbons (Fsp3) is 0.350. The van der Waals surface area contributed by atoms with E-state index in [1.807, 2.05) is 36.2 Å². The third-order valence-electron chi connectivity index (χ3n) is 11.4. The number of piperazine rings is 1. The van der Waals surface area contributed by atoms with E-state index in [0.717, 1.165) is 74.7 Å². The number of pyridine rings is 1. The Morgan fingerprint density at radius 2 is 1.71 bits per heavy atom. The number of nitriles is 1. The SMILES string of the molecule is CNc1cc(-c2ccc3cc(C#N)cnn23)ncc1-c1nnc(N2CCN(C(=O)C3CCN(Cc4ccc5c(c4)C(=O)N(C4CCC(=O)NC4=O)C5=O)CC3)CC2)s1. The van der Waals surface area contributed by atoms with Crippen molar-refractivity contribution in [2.45, 2.75) is 38.3 Å². The molecule has 4 aromatic heterocycles. The number of hydrogen-bond donors (Lipinski definition) is 2. The number of hydrogen-bond acceptors (Lipinski definition) is 14. The molecule has 5 amide bonds. The van der Waals surface area contributed by atoms with E-state index in [9.17, 15) is 29.2 Å². The van der Waals surface area contributed by atoms with E-state index in [4.69, 9.17) is 4.98 Å². The van der Waals surface area contributed by atoms with Gasteiger partial charge in [-0.2, -0.15) is 10.4 Å². The van der Waals surface area contributed by atoms with Gasteiger partial charge in [0, 0.05) is 64.0 Å². The summed E-state index contributed by atoms with van der Waals surface area (Å²) < 4.78 is 1.76. The lowest BCUT2D eigenvalue weighted by Gasteiger charge is -2.38. The lowest BCUT2D eigenvalue weighted by molar-refractivity contribution is -0.138. The number of nitrogens with zero attached hydrogens (tertiary/aromatic N) is 10. The van der Waals surface area contributed by atoms with Crippen molar-refractivity contribution >= 4 is 57.2 Å². The van der Waals surface area contributed by atoms with Crippen LogP contribution in [0.15, 0.2) is 54.9 Å². The maximum absolute atomic E-state index is 13.6. The van der Waals surface area contributed by atoms with Crippen molar-refractivity contribution in [3.63, 3.8) is 0 Å². The molecule has 18 heteroatoms. The van der Waals surface area contributed by atoms with E-state index >= 15 is 0 Å². The molecule has 5 aromatic rings. The van der Waals surface area contributed by atoms with Crippen molar-refractivity contribution in [3.05, 3.63) is 77.1 Å². The molecule has 3 fully saturated rings. The van der Waals surface area contributed by atoms with Crippen molar-refractivity contribution < 1.29 is 24.0 Å². The van der Waals surface area contributed by atoms with E-state index < -0.39 is 29.7 Å². The Labute approximate surface area is 336 Å². The number of aromatic nitrogens is 5. The van der Waals surface area contributed by atoms with Gasteiger partial charge in [-0.3, -0.25) is 44.1 Å². The molecule has 0 aliphatic carbocycles. The molecule has 0 bridgehead atoms. The summed E-state index contributed by atoms with van der Waals surface area (Å²) in [6.07, 6.45) is 4.96. The van der Waals surface area contributed by atoms with Gasteiger partial charge >= 0.3 is 0 Å². The third kappa shape index (κ3) is 6.71. The number of likely N-dealkylation sites (tertiary alicyclic amines) is 1. The Morgan fingerprint density at radius 3 is 2.47 bits per heavy atom. The minimum absolute atomic E-state index is 0.0664. The molecule has 1 aromatic carbocycles. The molecule has 58 heavy (non-hydrogen) atoms. The fourth-order valence-corrected chi connectivity index (χ4v) is 9.19. The van der Waals surface area contributed by atoms with Gasteiger partial charge in [-0.15, -0.1) is 10.2 Å². The number of carbonyl (C=O) groups is 5. The Bertz CT molecular complexity index is 2550. The summed E-state index contributed by atoms with van der Waals surface area (Å²) in [6.45, 7) is 4.51. The summed E-state index contributed by atoms with van der Waals surface area (Å²) in [4.78, 5) is 76.1. The second-order valence-corrected chi connectivity index (χ2v) is 15.8. The molecular weight excluding hydrogens is 761 g/mol. The van der Waals surface area contributed by atoms with E-state index in [1.54, 1.807) is 28.9 Å². The van der Waals surface area contributed by atoms with Crippen LogP contribution in [0.1, 0.15) is 57.5 Å². The number of carbonyl (C=O) groups excluding carboxylic acids is 5. The number of rotatable bonds is 8. The summed E-state index contributed by atoms with van der Waals surface area (Å²) in [5, 5.41) is 29.7. The summed E-state index contributed by atoms with van der Waals surface area (Å²) in [5.41, 5.74) is 5.90. The van der Waals surface area contributed by atoms with Crippen molar-refractivity contribution in [2.75, 3.05) is 56.5 Å². The van der Waals surface area contributed by atoms with Crippen LogP contribution in [-0.2, 0) is 20.9 Å². The molecule has 1 unspecified atom stereocenters. The monoisotopic (exact) mass is 798 g/mol. The predicted octanol–water partition coefficient (Wildman–Crippen LogP) is 2.79. The van der Waals surface area contributed by atoms with E-state index in [0.29, 0.717) is 38.3 Å². The Kier molecular flexibility index (Phi) is 9.61. The van der Waals surface area contributed by atoms with Crippen LogP contribution >= 0.6 is 11.3 Å². The molecule has 17 nitrogen and oxygen atoms in total. The number of nitrogens with one attached hydrogen (secondary N) is 2. The number of anilines is 2. The van der Waals surface area contributed by atoms with Crippen molar-refractivity contribution in [3.8, 4) is 28.0 Å². The van der Waals surface area contributed by atoms with Gasteiger partial charge in [-0.25, -0.2) is 4.52 Å². The minimum atomic E-state index is -0.997. The highest BCUT2D eigenvalue weighted by atomic mass is 32.1. The largest absolute Gasteiger partial charge is 0.387 e. The topological polar surface area (TPSA) is 202 Å². The van der Waals surface area contributed by atoms with E-state index in [-0.39, 0.29) is 35.8 Å². The molecule has 4 aliphatic heterocycles. The molecule has 0 spiro atoms. The lowest BCUT2D eigenvalue weighted by Crippen LogP contribution is -2.54. The fourth-order valence-electron chi connectivity index (χ4n) is 8.27. The second-order valence-electron chi connectivity index (χ2n) is 14.9. The summed E-state index contributed by atoms with van der Waals surface area (Å²) in [5.74, 6) is -1.96. The van der Waals surface area contributed by atoms with Crippen LogP contribution in [0.3, 0.4) is 0 Å². The maximum atomic E-state index is 13.6. The molecule has 1 atom stereocenters. The highest BCUT2D eigenvalue weighted by Gasteiger charge is 2.44. The molecule has 4 aliphatic rings. The quantitative estimate of drug-likeness (QED) is 0.217. The normalized spacial score (nSPS) is 19.1. The van der Waals surface area contributed by atoms with Crippen molar-refractivity contribution in [1.82, 2.24) is 44.8 Å². The smallest absolute Gasteiger partial charge is 0.262 e. The van der Waals surface area contributed by atoms with Gasteiger partial charge in [-0.05, 0) is 74.3 Å².